The lowest BCUT2D eigenvalue weighted by molar-refractivity contribution is 0.0728. The molecular formula is C18H27N3O4S. The predicted molar refractivity (Wildman–Crippen MR) is 98.4 cm³/mol. The number of likely N-dealkylation sites (tertiary alicyclic amines) is 1. The van der Waals surface area contributed by atoms with E-state index in [1.54, 1.807) is 12.1 Å². The molecule has 2 saturated heterocycles. The van der Waals surface area contributed by atoms with Crippen LogP contribution in [0.15, 0.2) is 23.1 Å². The summed E-state index contributed by atoms with van der Waals surface area (Å²) >= 11 is 0. The van der Waals surface area contributed by atoms with Gasteiger partial charge in [0.15, 0.2) is 0 Å². The molecule has 1 aromatic rings. The van der Waals surface area contributed by atoms with Gasteiger partial charge in [-0.15, -0.1) is 0 Å². The van der Waals surface area contributed by atoms with Crippen LogP contribution in [0.2, 0.25) is 0 Å². The molecular weight excluding hydrogens is 354 g/mol. The molecule has 0 spiro atoms. The number of hydrogen-bond acceptors (Lipinski definition) is 5. The molecule has 0 aromatic heterocycles. The normalized spacial score (nSPS) is 24.8. The Balaban J connectivity index is 1.89. The van der Waals surface area contributed by atoms with E-state index in [-0.39, 0.29) is 16.8 Å². The first-order valence-corrected chi connectivity index (χ1v) is 10.5. The minimum absolute atomic E-state index is 0.106. The van der Waals surface area contributed by atoms with Crippen LogP contribution in [0.3, 0.4) is 0 Å². The molecule has 2 heterocycles. The molecule has 1 aromatic carbocycles. The van der Waals surface area contributed by atoms with Crippen LogP contribution in [0.4, 0.5) is 0 Å². The number of morpholine rings is 1. The molecule has 7 nitrogen and oxygen atoms in total. The molecule has 0 bridgehead atoms. The molecule has 1 amide bonds. The number of ether oxygens (including phenoxy) is 1. The van der Waals surface area contributed by atoms with E-state index in [2.05, 4.69) is 0 Å². The summed E-state index contributed by atoms with van der Waals surface area (Å²) in [6.07, 6.45) is 0.882. The summed E-state index contributed by atoms with van der Waals surface area (Å²) in [4.78, 5) is 15.0. The summed E-state index contributed by atoms with van der Waals surface area (Å²) in [6.45, 7) is 6.47. The molecule has 2 unspecified atom stereocenters. The minimum Gasteiger partial charge on any atom is -0.379 e. The number of carbonyl (C=O) groups excluding carboxylic acids is 1. The van der Waals surface area contributed by atoms with Crippen molar-refractivity contribution in [2.75, 3.05) is 39.4 Å². The number of nitrogens with zero attached hydrogens (tertiary/aromatic N) is 2. The molecule has 2 aliphatic heterocycles. The third kappa shape index (κ3) is 3.64. The Morgan fingerprint density at radius 3 is 2.62 bits per heavy atom. The Labute approximate surface area is 155 Å². The zero-order valence-corrected chi connectivity index (χ0v) is 16.2. The summed E-state index contributed by atoms with van der Waals surface area (Å²) in [5, 5.41) is 0. The first-order valence-electron chi connectivity index (χ1n) is 9.04. The SMILES string of the molecule is Cc1ccc(S(=O)(=O)N2CCOCC2)cc1C(=O)N1CC(CN)CC1C. The molecule has 144 valence electrons. The second kappa shape index (κ2) is 7.64. The number of benzene rings is 1. The van der Waals surface area contributed by atoms with Crippen molar-refractivity contribution >= 4 is 15.9 Å². The highest BCUT2D eigenvalue weighted by atomic mass is 32.2. The summed E-state index contributed by atoms with van der Waals surface area (Å²) < 4.78 is 32.4. The quantitative estimate of drug-likeness (QED) is 0.834. The van der Waals surface area contributed by atoms with Gasteiger partial charge in [-0.25, -0.2) is 8.42 Å². The lowest BCUT2D eigenvalue weighted by Crippen LogP contribution is -2.40. The third-order valence-electron chi connectivity index (χ3n) is 5.30. The van der Waals surface area contributed by atoms with E-state index in [4.69, 9.17) is 10.5 Å². The Hall–Kier alpha value is -1.48. The van der Waals surface area contributed by atoms with Gasteiger partial charge < -0.3 is 15.4 Å². The molecule has 2 N–H and O–H groups in total. The Morgan fingerprint density at radius 2 is 2.00 bits per heavy atom. The summed E-state index contributed by atoms with van der Waals surface area (Å²) in [7, 11) is -3.62. The zero-order valence-electron chi connectivity index (χ0n) is 15.3. The van der Waals surface area contributed by atoms with Crippen molar-refractivity contribution in [2.24, 2.45) is 11.7 Å². The monoisotopic (exact) mass is 381 g/mol. The minimum atomic E-state index is -3.62. The van der Waals surface area contributed by atoms with Gasteiger partial charge in [0.1, 0.15) is 0 Å². The van der Waals surface area contributed by atoms with Crippen molar-refractivity contribution in [3.8, 4) is 0 Å². The molecule has 2 aliphatic rings. The molecule has 0 radical (unpaired) electrons. The second-order valence-corrected chi connectivity index (χ2v) is 9.08. The van der Waals surface area contributed by atoms with Crippen LogP contribution in [0.5, 0.6) is 0 Å². The molecule has 0 saturated carbocycles. The lowest BCUT2D eigenvalue weighted by Gasteiger charge is -2.27. The Bertz CT molecular complexity index is 775. The van der Waals surface area contributed by atoms with Crippen LogP contribution in [0, 0.1) is 12.8 Å². The molecule has 2 fully saturated rings. The first-order chi connectivity index (χ1) is 12.3. The number of amides is 1. The first kappa shape index (κ1) is 19.3. The largest absolute Gasteiger partial charge is 0.379 e. The van der Waals surface area contributed by atoms with E-state index in [1.165, 1.54) is 10.4 Å². The molecule has 8 heteroatoms. The van der Waals surface area contributed by atoms with Gasteiger partial charge in [-0.1, -0.05) is 6.07 Å². The number of nitrogens with two attached hydrogens (primary N) is 1. The van der Waals surface area contributed by atoms with Crippen molar-refractivity contribution < 1.29 is 17.9 Å². The molecule has 3 rings (SSSR count). The fraction of sp³-hybridized carbons (Fsp3) is 0.611. The average molecular weight is 381 g/mol. The van der Waals surface area contributed by atoms with E-state index in [1.807, 2.05) is 18.7 Å². The van der Waals surface area contributed by atoms with E-state index in [0.29, 0.717) is 50.9 Å². The summed E-state index contributed by atoms with van der Waals surface area (Å²) in [6, 6.07) is 4.91. The van der Waals surface area contributed by atoms with Crippen molar-refractivity contribution in [3.05, 3.63) is 29.3 Å². The zero-order chi connectivity index (χ0) is 18.9. The van der Waals surface area contributed by atoms with E-state index < -0.39 is 10.0 Å². The van der Waals surface area contributed by atoms with E-state index in [9.17, 15) is 13.2 Å². The third-order valence-corrected chi connectivity index (χ3v) is 7.20. The Kier molecular flexibility index (Phi) is 5.67. The smallest absolute Gasteiger partial charge is 0.254 e. The maximum absolute atomic E-state index is 13.1. The number of sulfonamides is 1. The van der Waals surface area contributed by atoms with Crippen molar-refractivity contribution in [2.45, 2.75) is 31.2 Å². The van der Waals surface area contributed by atoms with Crippen molar-refractivity contribution in [1.82, 2.24) is 9.21 Å². The number of carbonyl (C=O) groups is 1. The maximum Gasteiger partial charge on any atom is 0.254 e. The predicted octanol–water partition coefficient (Wildman–Crippen LogP) is 0.825. The van der Waals surface area contributed by atoms with E-state index >= 15 is 0 Å². The summed E-state index contributed by atoms with van der Waals surface area (Å²) in [5.74, 6) is 0.180. The van der Waals surface area contributed by atoms with Crippen LogP contribution >= 0.6 is 0 Å². The average Bonchev–Trinajstić information content (AvgIpc) is 3.03. The van der Waals surface area contributed by atoms with Gasteiger partial charge in [0.2, 0.25) is 10.0 Å². The number of rotatable bonds is 4. The maximum atomic E-state index is 13.1. The molecule has 0 aliphatic carbocycles. The topological polar surface area (TPSA) is 92.9 Å². The fourth-order valence-corrected chi connectivity index (χ4v) is 5.11. The highest BCUT2D eigenvalue weighted by molar-refractivity contribution is 7.89. The number of hydrogen-bond donors (Lipinski definition) is 1. The second-order valence-electron chi connectivity index (χ2n) is 7.14. The lowest BCUT2D eigenvalue weighted by atomic mass is 10.1. The highest BCUT2D eigenvalue weighted by Crippen LogP contribution is 2.27. The van der Waals surface area contributed by atoms with Crippen LogP contribution in [0.25, 0.3) is 0 Å². The van der Waals surface area contributed by atoms with Crippen LogP contribution < -0.4 is 5.73 Å². The van der Waals surface area contributed by atoms with Gasteiger partial charge in [0.05, 0.1) is 18.1 Å². The van der Waals surface area contributed by atoms with Gasteiger partial charge >= 0.3 is 0 Å². The Morgan fingerprint density at radius 1 is 1.31 bits per heavy atom. The van der Waals surface area contributed by atoms with Gasteiger partial charge in [0, 0.05) is 31.2 Å². The number of aryl methyl sites for hydroxylation is 1. The van der Waals surface area contributed by atoms with Crippen LogP contribution in [0.1, 0.15) is 29.3 Å². The van der Waals surface area contributed by atoms with E-state index in [0.717, 1.165) is 12.0 Å². The van der Waals surface area contributed by atoms with Gasteiger partial charge in [-0.3, -0.25) is 4.79 Å². The van der Waals surface area contributed by atoms with Crippen molar-refractivity contribution in [1.29, 1.82) is 0 Å². The summed E-state index contributed by atoms with van der Waals surface area (Å²) in [5.41, 5.74) is 6.98. The fourth-order valence-electron chi connectivity index (χ4n) is 3.68. The molecule has 2 atom stereocenters. The molecule has 26 heavy (non-hydrogen) atoms. The standard InChI is InChI=1S/C18H27N3O4S/c1-13-3-4-16(26(23,24)20-5-7-25-8-6-20)10-17(13)18(22)21-12-15(11-19)9-14(21)2/h3-4,10,14-15H,5-9,11-12,19H2,1-2H3. The van der Waals surface area contributed by atoms with Gasteiger partial charge in [-0.2, -0.15) is 4.31 Å². The van der Waals surface area contributed by atoms with Gasteiger partial charge in [-0.05, 0) is 50.4 Å². The highest BCUT2D eigenvalue weighted by Gasteiger charge is 2.34. The van der Waals surface area contributed by atoms with Crippen molar-refractivity contribution in [3.63, 3.8) is 0 Å². The van der Waals surface area contributed by atoms with Crippen LogP contribution in [-0.4, -0.2) is 69.0 Å². The van der Waals surface area contributed by atoms with Crippen LogP contribution in [-0.2, 0) is 14.8 Å². The van der Waals surface area contributed by atoms with Gasteiger partial charge in [0.25, 0.3) is 5.91 Å².